The summed E-state index contributed by atoms with van der Waals surface area (Å²) in [7, 11) is 0. The molecule has 41 heavy (non-hydrogen) atoms. The first kappa shape index (κ1) is 29.4. The molecule has 0 spiro atoms. The lowest BCUT2D eigenvalue weighted by Crippen LogP contribution is -2.50. The third kappa shape index (κ3) is 7.79. The first-order valence-electron chi connectivity index (χ1n) is 15.8. The number of carbonyl (C=O) groups excluding carboxylic acids is 1. The minimum Gasteiger partial charge on any atom is -0.444 e. The van der Waals surface area contributed by atoms with Gasteiger partial charge in [0.15, 0.2) is 0 Å². The Labute approximate surface area is 247 Å². The highest BCUT2D eigenvalue weighted by atomic mass is 16.6. The van der Waals surface area contributed by atoms with Crippen LogP contribution in [0.15, 0.2) is 48.5 Å². The highest BCUT2D eigenvalue weighted by Crippen LogP contribution is 2.33. The number of carbonyl (C=O) groups is 1. The normalized spacial score (nSPS) is 19.7. The van der Waals surface area contributed by atoms with Gasteiger partial charge in [-0.1, -0.05) is 24.3 Å². The summed E-state index contributed by atoms with van der Waals surface area (Å²) in [6, 6.07) is 17.5. The average molecular weight is 563 g/mol. The smallest absolute Gasteiger partial charge is 0.410 e. The molecule has 0 saturated carbocycles. The summed E-state index contributed by atoms with van der Waals surface area (Å²) in [5.41, 5.74) is 5.06. The largest absolute Gasteiger partial charge is 0.444 e. The van der Waals surface area contributed by atoms with Crippen LogP contribution in [-0.2, 0) is 4.74 Å². The van der Waals surface area contributed by atoms with Crippen LogP contribution in [0.5, 0.6) is 0 Å². The van der Waals surface area contributed by atoms with E-state index in [-0.39, 0.29) is 6.09 Å². The summed E-state index contributed by atoms with van der Waals surface area (Å²) < 4.78 is 5.48. The van der Waals surface area contributed by atoms with E-state index >= 15 is 0 Å². The zero-order valence-electron chi connectivity index (χ0n) is 25.5. The van der Waals surface area contributed by atoms with Gasteiger partial charge in [-0.2, -0.15) is 0 Å². The predicted molar refractivity (Wildman–Crippen MR) is 171 cm³/mol. The monoisotopic (exact) mass is 562 g/mol. The number of nitrogens with zero attached hydrogens (tertiary/aromatic N) is 5. The summed E-state index contributed by atoms with van der Waals surface area (Å²) in [6.45, 7) is 18.1. The molecule has 4 aliphatic rings. The Morgan fingerprint density at radius 1 is 0.585 bits per heavy atom. The molecular weight excluding hydrogens is 512 g/mol. The van der Waals surface area contributed by atoms with E-state index in [0.29, 0.717) is 13.1 Å². The summed E-state index contributed by atoms with van der Waals surface area (Å²) in [5.74, 6) is 0. The van der Waals surface area contributed by atoms with Gasteiger partial charge in [-0.25, -0.2) is 4.79 Å². The third-order valence-electron chi connectivity index (χ3n) is 8.39. The van der Waals surface area contributed by atoms with Gasteiger partial charge < -0.3 is 34.6 Å². The van der Waals surface area contributed by atoms with Crippen molar-refractivity contribution in [2.75, 3.05) is 98.1 Å². The van der Waals surface area contributed by atoms with E-state index in [2.05, 4.69) is 73.4 Å². The number of para-hydroxylation sites is 4. The van der Waals surface area contributed by atoms with Crippen molar-refractivity contribution in [2.24, 2.45) is 0 Å². The molecule has 0 unspecified atom stereocenters. The Morgan fingerprint density at radius 3 is 1.34 bits per heavy atom. The highest BCUT2D eigenvalue weighted by Gasteiger charge is 2.27. The van der Waals surface area contributed by atoms with Crippen LogP contribution in [0.2, 0.25) is 0 Å². The molecule has 0 bridgehead atoms. The van der Waals surface area contributed by atoms with Crippen LogP contribution in [-0.4, -0.2) is 95.1 Å². The standard InChI is InChI=1S/C19H29N3O2.C14H21N3/c1-19(2,3)24-18(23)22-14-12-21(13-15-22)17-9-5-4-8-16(17)20-10-6-7-11-20;1-2-6-14(17-11-7-15-8-12-17)13(5-1)16-9-3-4-10-16/h4-5,8-9H,6-7,10-15H2,1-3H3;1-2,5-6,15H,3-4,7-12H2. The molecule has 0 aliphatic carbocycles. The Kier molecular flexibility index (Phi) is 9.80. The minimum atomic E-state index is -0.434. The van der Waals surface area contributed by atoms with Gasteiger partial charge in [-0.15, -0.1) is 0 Å². The van der Waals surface area contributed by atoms with Crippen molar-refractivity contribution in [3.63, 3.8) is 0 Å². The van der Waals surface area contributed by atoms with Gasteiger partial charge in [0.1, 0.15) is 5.60 Å². The van der Waals surface area contributed by atoms with Crippen molar-refractivity contribution < 1.29 is 9.53 Å². The maximum atomic E-state index is 12.2. The van der Waals surface area contributed by atoms with Crippen LogP contribution >= 0.6 is 0 Å². The minimum absolute atomic E-state index is 0.199. The first-order chi connectivity index (χ1) is 19.9. The van der Waals surface area contributed by atoms with Crippen molar-refractivity contribution in [1.82, 2.24) is 10.2 Å². The van der Waals surface area contributed by atoms with Crippen LogP contribution < -0.4 is 24.9 Å². The molecule has 8 nitrogen and oxygen atoms in total. The summed E-state index contributed by atoms with van der Waals surface area (Å²) in [6.07, 6.45) is 5.04. The Bertz CT molecular complexity index is 1110. The van der Waals surface area contributed by atoms with Crippen LogP contribution in [0, 0.1) is 0 Å². The van der Waals surface area contributed by atoms with Crippen LogP contribution in [0.25, 0.3) is 0 Å². The van der Waals surface area contributed by atoms with E-state index in [1.165, 1.54) is 61.5 Å². The number of piperazine rings is 2. The average Bonchev–Trinajstić information content (AvgIpc) is 3.73. The number of ether oxygens (including phenoxy) is 1. The number of hydrogen-bond donors (Lipinski definition) is 1. The maximum Gasteiger partial charge on any atom is 0.410 e. The second-order valence-corrected chi connectivity index (χ2v) is 12.6. The van der Waals surface area contributed by atoms with Crippen molar-refractivity contribution in [1.29, 1.82) is 0 Å². The molecule has 0 atom stereocenters. The molecule has 1 amide bonds. The Hall–Kier alpha value is -3.13. The molecule has 6 rings (SSSR count). The number of anilines is 4. The second-order valence-electron chi connectivity index (χ2n) is 12.6. The predicted octanol–water partition coefficient (Wildman–Crippen LogP) is 5.04. The summed E-state index contributed by atoms with van der Waals surface area (Å²) >= 11 is 0. The number of benzene rings is 2. The van der Waals surface area contributed by atoms with Crippen molar-refractivity contribution in [3.8, 4) is 0 Å². The molecule has 4 aliphatic heterocycles. The van der Waals surface area contributed by atoms with Gasteiger partial charge in [-0.3, -0.25) is 0 Å². The fourth-order valence-corrected chi connectivity index (χ4v) is 6.28. The quantitative estimate of drug-likeness (QED) is 0.560. The first-order valence-corrected chi connectivity index (χ1v) is 15.8. The van der Waals surface area contributed by atoms with Gasteiger partial charge in [-0.05, 0) is 70.7 Å². The Balaban J connectivity index is 0.000000174. The second kappa shape index (κ2) is 13.7. The van der Waals surface area contributed by atoms with Gasteiger partial charge in [0.05, 0.1) is 22.7 Å². The highest BCUT2D eigenvalue weighted by molar-refractivity contribution is 5.73. The fraction of sp³-hybridized carbons (Fsp3) is 0.606. The molecule has 2 aromatic rings. The molecule has 2 aromatic carbocycles. The van der Waals surface area contributed by atoms with Crippen LogP contribution in [0.4, 0.5) is 27.5 Å². The maximum absolute atomic E-state index is 12.2. The van der Waals surface area contributed by atoms with E-state index in [1.54, 1.807) is 0 Å². The van der Waals surface area contributed by atoms with Crippen molar-refractivity contribution in [3.05, 3.63) is 48.5 Å². The molecule has 4 fully saturated rings. The third-order valence-corrected chi connectivity index (χ3v) is 8.39. The van der Waals surface area contributed by atoms with Crippen molar-refractivity contribution >= 4 is 28.8 Å². The lowest BCUT2D eigenvalue weighted by molar-refractivity contribution is 0.0240. The van der Waals surface area contributed by atoms with E-state index < -0.39 is 5.60 Å². The van der Waals surface area contributed by atoms with Gasteiger partial charge in [0.25, 0.3) is 0 Å². The number of amides is 1. The topological polar surface area (TPSA) is 54.5 Å². The molecule has 0 aromatic heterocycles. The molecule has 0 radical (unpaired) electrons. The fourth-order valence-electron chi connectivity index (χ4n) is 6.28. The molecular formula is C33H50N6O2. The van der Waals surface area contributed by atoms with E-state index in [9.17, 15) is 4.79 Å². The van der Waals surface area contributed by atoms with Crippen LogP contribution in [0.1, 0.15) is 46.5 Å². The van der Waals surface area contributed by atoms with Gasteiger partial charge >= 0.3 is 6.09 Å². The molecule has 1 N–H and O–H groups in total. The Morgan fingerprint density at radius 2 is 0.951 bits per heavy atom. The number of rotatable bonds is 4. The van der Waals surface area contributed by atoms with Crippen LogP contribution in [0.3, 0.4) is 0 Å². The SMILES string of the molecule is CC(C)(C)OC(=O)N1CCN(c2ccccc2N2CCCC2)CC1.c1ccc(N2CCNCC2)c(N2CCCC2)c1. The summed E-state index contributed by atoms with van der Waals surface area (Å²) in [5, 5.41) is 3.42. The van der Waals surface area contributed by atoms with E-state index in [4.69, 9.17) is 4.74 Å². The van der Waals surface area contributed by atoms with E-state index in [0.717, 1.165) is 52.4 Å². The molecule has 224 valence electrons. The van der Waals surface area contributed by atoms with Crippen molar-refractivity contribution in [2.45, 2.75) is 52.1 Å². The molecule has 4 saturated heterocycles. The molecule has 4 heterocycles. The van der Waals surface area contributed by atoms with E-state index in [1.807, 2.05) is 25.7 Å². The zero-order valence-corrected chi connectivity index (χ0v) is 25.5. The summed E-state index contributed by atoms with van der Waals surface area (Å²) in [4.78, 5) is 24.0. The lowest BCUT2D eigenvalue weighted by atomic mass is 10.2. The number of nitrogens with one attached hydrogen (secondary N) is 1. The zero-order chi connectivity index (χ0) is 28.7. The lowest BCUT2D eigenvalue weighted by Gasteiger charge is -2.38. The molecule has 8 heteroatoms. The number of hydrogen-bond acceptors (Lipinski definition) is 7. The van der Waals surface area contributed by atoms with Gasteiger partial charge in [0.2, 0.25) is 0 Å². The van der Waals surface area contributed by atoms with Gasteiger partial charge in [0, 0.05) is 78.5 Å².